The van der Waals surface area contributed by atoms with Crippen molar-refractivity contribution in [2.75, 3.05) is 12.3 Å². The summed E-state index contributed by atoms with van der Waals surface area (Å²) in [6.45, 7) is 7.61. The maximum atomic E-state index is 7.03. The third-order valence-electron chi connectivity index (χ3n) is 4.20. The molecule has 2 N–H and O–H groups in total. The van der Waals surface area contributed by atoms with E-state index in [4.69, 9.17) is 12.3 Å². The largest absolute Gasteiger partial charge is 0.399 e. The van der Waals surface area contributed by atoms with Gasteiger partial charge in [0.2, 0.25) is 6.54 Å². The first-order chi connectivity index (χ1) is 9.65. The van der Waals surface area contributed by atoms with Crippen molar-refractivity contribution in [2.24, 2.45) is 13.0 Å². The van der Waals surface area contributed by atoms with E-state index in [9.17, 15) is 0 Å². The van der Waals surface area contributed by atoms with Crippen LogP contribution in [-0.4, -0.2) is 21.3 Å². The van der Waals surface area contributed by atoms with Gasteiger partial charge in [0.15, 0.2) is 0 Å². The monoisotopic (exact) mass is 267 g/mol. The quantitative estimate of drug-likeness (QED) is 0.683. The zero-order valence-electron chi connectivity index (χ0n) is 11.5. The minimum absolute atomic E-state index is 0.143. The van der Waals surface area contributed by atoms with Crippen LogP contribution in [0, 0.1) is 12.5 Å². The highest BCUT2D eigenvalue weighted by molar-refractivity contribution is 5.47. The van der Waals surface area contributed by atoms with Crippen molar-refractivity contribution in [1.29, 1.82) is 0 Å². The van der Waals surface area contributed by atoms with E-state index < -0.39 is 0 Å². The second kappa shape index (κ2) is 4.64. The van der Waals surface area contributed by atoms with E-state index in [1.165, 1.54) is 5.56 Å². The summed E-state index contributed by atoms with van der Waals surface area (Å²) in [4.78, 5) is 3.52. The summed E-state index contributed by atoms with van der Waals surface area (Å²) in [5.74, 6) is 1.40. The molecule has 20 heavy (non-hydrogen) atoms. The highest BCUT2D eigenvalue weighted by atomic mass is 15.3. The Morgan fingerprint density at radius 1 is 1.50 bits per heavy atom. The average molecular weight is 267 g/mol. The van der Waals surface area contributed by atoms with Crippen LogP contribution in [0.25, 0.3) is 4.85 Å². The van der Waals surface area contributed by atoms with E-state index in [0.29, 0.717) is 12.5 Å². The van der Waals surface area contributed by atoms with E-state index in [-0.39, 0.29) is 5.41 Å². The number of aromatic nitrogens is 3. The summed E-state index contributed by atoms with van der Waals surface area (Å²) in [5.41, 5.74) is 7.72. The number of anilines is 1. The third kappa shape index (κ3) is 1.85. The van der Waals surface area contributed by atoms with Crippen molar-refractivity contribution in [2.45, 2.75) is 18.3 Å². The van der Waals surface area contributed by atoms with Gasteiger partial charge in [0.25, 0.3) is 0 Å². The number of hydrogen-bond acceptors (Lipinski definition) is 3. The van der Waals surface area contributed by atoms with Crippen LogP contribution in [-0.2, 0) is 12.5 Å². The van der Waals surface area contributed by atoms with E-state index >= 15 is 0 Å². The molecule has 2 aromatic rings. The number of aryl methyl sites for hydroxylation is 1. The van der Waals surface area contributed by atoms with E-state index in [0.717, 1.165) is 24.4 Å². The van der Waals surface area contributed by atoms with Crippen LogP contribution in [0.4, 0.5) is 5.69 Å². The smallest absolute Gasteiger partial charge is 0.217 e. The first kappa shape index (κ1) is 12.7. The lowest BCUT2D eigenvalue weighted by Gasteiger charge is -2.45. The van der Waals surface area contributed by atoms with Gasteiger partial charge >= 0.3 is 0 Å². The molecule has 1 saturated carbocycles. The number of nitrogens with two attached hydrogens (primary N) is 1. The van der Waals surface area contributed by atoms with E-state index in [1.54, 1.807) is 6.33 Å². The maximum absolute atomic E-state index is 7.03. The highest BCUT2D eigenvalue weighted by Crippen LogP contribution is 2.51. The predicted molar refractivity (Wildman–Crippen MR) is 76.8 cm³/mol. The van der Waals surface area contributed by atoms with Gasteiger partial charge in [-0.3, -0.25) is 0 Å². The summed E-state index contributed by atoms with van der Waals surface area (Å²) in [7, 11) is 1.96. The normalized spacial score (nSPS) is 24.9. The molecule has 1 aromatic heterocycles. The first-order valence-electron chi connectivity index (χ1n) is 6.69. The van der Waals surface area contributed by atoms with Crippen LogP contribution < -0.4 is 5.73 Å². The fourth-order valence-corrected chi connectivity index (χ4v) is 3.28. The van der Waals surface area contributed by atoms with Crippen LogP contribution in [0.1, 0.15) is 24.2 Å². The minimum atomic E-state index is -0.143. The molecular weight excluding hydrogens is 250 g/mol. The Labute approximate surface area is 118 Å². The highest BCUT2D eigenvalue weighted by Gasteiger charge is 2.51. The number of nitrogen functional groups attached to an aromatic ring is 1. The van der Waals surface area contributed by atoms with Gasteiger partial charge in [-0.05, 0) is 30.5 Å². The zero-order chi connectivity index (χ0) is 14.2. The van der Waals surface area contributed by atoms with Crippen molar-refractivity contribution < 1.29 is 0 Å². The van der Waals surface area contributed by atoms with Gasteiger partial charge in [-0.15, -0.1) is 10.2 Å². The van der Waals surface area contributed by atoms with Crippen molar-refractivity contribution in [3.05, 3.63) is 53.4 Å². The molecule has 1 fully saturated rings. The van der Waals surface area contributed by atoms with Crippen molar-refractivity contribution in [3.63, 3.8) is 0 Å². The van der Waals surface area contributed by atoms with Crippen molar-refractivity contribution in [1.82, 2.24) is 14.8 Å². The number of rotatable bonds is 3. The lowest BCUT2D eigenvalue weighted by Crippen LogP contribution is -2.45. The molecule has 0 bridgehead atoms. The van der Waals surface area contributed by atoms with E-state index in [2.05, 4.69) is 21.1 Å². The second-order valence-electron chi connectivity index (χ2n) is 5.59. The number of benzene rings is 1. The molecule has 0 unspecified atom stereocenters. The Bertz CT molecular complexity index is 661. The summed E-state index contributed by atoms with van der Waals surface area (Å²) in [5, 5.41) is 8.32. The molecule has 1 aliphatic rings. The predicted octanol–water partition coefficient (Wildman–Crippen LogP) is 2.01. The van der Waals surface area contributed by atoms with Gasteiger partial charge in [0.05, 0.1) is 5.41 Å². The summed E-state index contributed by atoms with van der Waals surface area (Å²) in [6.07, 6.45) is 3.60. The maximum Gasteiger partial charge on any atom is 0.217 e. The molecule has 3 rings (SSSR count). The second-order valence-corrected chi connectivity index (χ2v) is 5.59. The lowest BCUT2D eigenvalue weighted by molar-refractivity contribution is 0.182. The molecule has 5 heteroatoms. The molecule has 0 amide bonds. The average Bonchev–Trinajstić information content (AvgIpc) is 2.80. The van der Waals surface area contributed by atoms with Crippen molar-refractivity contribution in [3.8, 4) is 0 Å². The summed E-state index contributed by atoms with van der Waals surface area (Å²) >= 11 is 0. The van der Waals surface area contributed by atoms with E-state index in [1.807, 2.05) is 29.8 Å². The minimum Gasteiger partial charge on any atom is -0.399 e. The van der Waals surface area contributed by atoms with Crippen LogP contribution in [0.15, 0.2) is 30.6 Å². The SMILES string of the molecule is [C-]#[N+]CC1CC(c2cccc(N)c2)(c2nncn2C)C1. The zero-order valence-corrected chi connectivity index (χ0v) is 11.5. The van der Waals surface area contributed by atoms with Gasteiger partial charge in [0.1, 0.15) is 12.2 Å². The Kier molecular flexibility index (Phi) is 2.94. The molecular formula is C15H17N5. The molecule has 0 atom stereocenters. The Balaban J connectivity index is 2.03. The van der Waals surface area contributed by atoms with Crippen LogP contribution in [0.5, 0.6) is 0 Å². The molecule has 102 valence electrons. The molecule has 1 heterocycles. The fraction of sp³-hybridized carbons (Fsp3) is 0.400. The van der Waals surface area contributed by atoms with Crippen LogP contribution in [0.3, 0.4) is 0 Å². The molecule has 0 radical (unpaired) electrons. The van der Waals surface area contributed by atoms with Gasteiger partial charge < -0.3 is 15.1 Å². The summed E-state index contributed by atoms with van der Waals surface area (Å²) < 4.78 is 1.97. The molecule has 0 spiro atoms. The van der Waals surface area contributed by atoms with Crippen molar-refractivity contribution >= 4 is 5.69 Å². The Morgan fingerprint density at radius 3 is 2.90 bits per heavy atom. The van der Waals surface area contributed by atoms with Crippen LogP contribution in [0.2, 0.25) is 0 Å². The molecule has 0 saturated heterocycles. The fourth-order valence-electron chi connectivity index (χ4n) is 3.28. The Morgan fingerprint density at radius 2 is 2.30 bits per heavy atom. The first-order valence-corrected chi connectivity index (χ1v) is 6.69. The standard InChI is InChI=1S/C15H17N5/c1-17-9-11-7-15(8-11,14-19-18-10-20(14)2)12-4-3-5-13(16)6-12/h3-6,10-11H,7-9,16H2,2H3. The summed E-state index contributed by atoms with van der Waals surface area (Å²) in [6, 6.07) is 7.98. The molecule has 0 aliphatic heterocycles. The lowest BCUT2D eigenvalue weighted by atomic mass is 9.58. The van der Waals surface area contributed by atoms with Gasteiger partial charge in [0, 0.05) is 18.7 Å². The van der Waals surface area contributed by atoms with Crippen LogP contribution >= 0.6 is 0 Å². The molecule has 5 nitrogen and oxygen atoms in total. The molecule has 1 aliphatic carbocycles. The number of nitrogens with zero attached hydrogens (tertiary/aromatic N) is 4. The topological polar surface area (TPSA) is 61.1 Å². The van der Waals surface area contributed by atoms with Gasteiger partial charge in [-0.1, -0.05) is 12.1 Å². The number of hydrogen-bond donors (Lipinski definition) is 1. The van der Waals surface area contributed by atoms with Gasteiger partial charge in [-0.2, -0.15) is 0 Å². The third-order valence-corrected chi connectivity index (χ3v) is 4.20. The van der Waals surface area contributed by atoms with Gasteiger partial charge in [-0.25, -0.2) is 6.57 Å². The Hall–Kier alpha value is -2.35. The molecule has 1 aromatic carbocycles.